The number of phosphoric acid groups is 2. The summed E-state index contributed by atoms with van der Waals surface area (Å²) in [6.07, 6.45) is 46.4. The Kier molecular flexibility index (Phi) is 59.2. The minimum absolute atomic E-state index is 0.103. The van der Waals surface area contributed by atoms with E-state index in [0.717, 1.165) is 115 Å². The zero-order valence-electron chi connectivity index (χ0n) is 55.4. The lowest BCUT2D eigenvalue weighted by Crippen LogP contribution is -2.30. The lowest BCUT2D eigenvalue weighted by molar-refractivity contribution is -0.161. The third kappa shape index (κ3) is 60.9. The van der Waals surface area contributed by atoms with Crippen molar-refractivity contribution in [3.05, 3.63) is 0 Å². The molecule has 2 unspecified atom stereocenters. The van der Waals surface area contributed by atoms with Crippen LogP contribution in [0.3, 0.4) is 0 Å². The lowest BCUT2D eigenvalue weighted by atomic mass is 10.0. The molecule has 0 spiro atoms. The minimum Gasteiger partial charge on any atom is -0.462 e. The van der Waals surface area contributed by atoms with Crippen LogP contribution in [0.15, 0.2) is 0 Å². The maximum atomic E-state index is 13.0. The number of hydrogen-bond donors (Lipinski definition) is 3. The maximum Gasteiger partial charge on any atom is 0.472 e. The van der Waals surface area contributed by atoms with Crippen molar-refractivity contribution in [3.63, 3.8) is 0 Å². The number of aliphatic hydroxyl groups excluding tert-OH is 1. The molecule has 17 nitrogen and oxygen atoms in total. The van der Waals surface area contributed by atoms with Crippen LogP contribution in [0.5, 0.6) is 0 Å². The molecule has 0 bridgehead atoms. The molecule has 0 heterocycles. The van der Waals surface area contributed by atoms with Gasteiger partial charge in [-0.3, -0.25) is 37.3 Å². The number of ether oxygens (including phenoxy) is 4. The third-order valence-corrected chi connectivity index (χ3v) is 17.4. The molecule has 0 rings (SSSR count). The largest absolute Gasteiger partial charge is 0.472 e. The second-order valence-electron chi connectivity index (χ2n) is 24.7. The van der Waals surface area contributed by atoms with E-state index < -0.39 is 97.5 Å². The van der Waals surface area contributed by atoms with Crippen LogP contribution in [-0.4, -0.2) is 96.7 Å². The van der Waals surface area contributed by atoms with Gasteiger partial charge in [-0.1, -0.05) is 291 Å². The summed E-state index contributed by atoms with van der Waals surface area (Å²) in [5.74, 6) is -1.35. The van der Waals surface area contributed by atoms with E-state index in [9.17, 15) is 43.2 Å². The van der Waals surface area contributed by atoms with Crippen LogP contribution in [0.25, 0.3) is 0 Å². The minimum atomic E-state index is -4.95. The molecule has 0 saturated heterocycles. The number of rotatable bonds is 67. The SMILES string of the molecule is CCCCCCCCCCCCCCCCCCCCC(=O)O[C@H](COC(=O)CCCCCCCCCCCCCCCC(C)C)COP(=O)(O)OC[C@@H](O)COP(=O)(O)OC[C@@H](COC(=O)CCCCCCC)OC(=O)CCCCCCCCC. The van der Waals surface area contributed by atoms with Crippen molar-refractivity contribution in [3.8, 4) is 0 Å². The zero-order valence-corrected chi connectivity index (χ0v) is 57.2. The highest BCUT2D eigenvalue weighted by Gasteiger charge is 2.30. The van der Waals surface area contributed by atoms with Gasteiger partial charge in [-0.15, -0.1) is 0 Å². The fraction of sp³-hybridized carbons (Fsp3) is 0.940. The third-order valence-electron chi connectivity index (χ3n) is 15.5. The summed E-state index contributed by atoms with van der Waals surface area (Å²) in [6.45, 7) is 7.11. The summed E-state index contributed by atoms with van der Waals surface area (Å²) in [5.41, 5.74) is 0. The van der Waals surface area contributed by atoms with Gasteiger partial charge in [0.1, 0.15) is 19.3 Å². The molecule has 0 saturated carbocycles. The summed E-state index contributed by atoms with van der Waals surface area (Å²) >= 11 is 0. The number of carbonyl (C=O) groups excluding carboxylic acids is 4. The Hall–Kier alpha value is -1.94. The summed E-state index contributed by atoms with van der Waals surface area (Å²) in [4.78, 5) is 72.0. The van der Waals surface area contributed by atoms with Crippen molar-refractivity contribution in [2.24, 2.45) is 5.92 Å². The quantitative estimate of drug-likeness (QED) is 0.0222. The van der Waals surface area contributed by atoms with Gasteiger partial charge in [-0.25, -0.2) is 9.13 Å². The number of aliphatic hydroxyl groups is 1. The molecule has 0 fully saturated rings. The van der Waals surface area contributed by atoms with Crippen molar-refractivity contribution in [2.75, 3.05) is 39.6 Å². The van der Waals surface area contributed by atoms with Crippen molar-refractivity contribution < 1.29 is 80.2 Å². The van der Waals surface area contributed by atoms with E-state index in [1.165, 1.54) is 148 Å². The van der Waals surface area contributed by atoms with Gasteiger partial charge in [0.15, 0.2) is 12.2 Å². The van der Waals surface area contributed by atoms with Crippen LogP contribution < -0.4 is 0 Å². The topological polar surface area (TPSA) is 237 Å². The molecule has 0 aromatic carbocycles. The van der Waals surface area contributed by atoms with Crippen molar-refractivity contribution in [2.45, 2.75) is 361 Å². The first-order valence-electron chi connectivity index (χ1n) is 35.1. The van der Waals surface area contributed by atoms with E-state index in [1.807, 2.05) is 0 Å². The highest BCUT2D eigenvalue weighted by Crippen LogP contribution is 2.45. The standard InChI is InChI=1S/C67H130O17P2/c1-6-9-12-15-17-18-19-20-21-22-23-24-27-31-34-38-43-48-53-67(72)84-63(57-78-65(70)51-46-41-37-33-30-28-25-26-29-32-36-40-44-49-60(4)5)59-82-86(75,76)80-55-61(68)54-79-85(73,74)81-58-62(56-77-64(69)50-45-39-14-11-8-3)83-66(71)52-47-42-35-16-13-10-7-2/h60-63,68H,6-59H2,1-5H3,(H,73,74)(H,75,76)/t61-,62+,63+/m0/s1. The fourth-order valence-electron chi connectivity index (χ4n) is 10.1. The molecule has 0 aromatic heterocycles. The summed E-state index contributed by atoms with van der Waals surface area (Å²) in [6, 6.07) is 0. The second-order valence-corrected chi connectivity index (χ2v) is 27.6. The van der Waals surface area contributed by atoms with Gasteiger partial charge < -0.3 is 33.8 Å². The van der Waals surface area contributed by atoms with Gasteiger partial charge in [0.05, 0.1) is 26.4 Å². The predicted octanol–water partition coefficient (Wildman–Crippen LogP) is 19.0. The monoisotopic (exact) mass is 1270 g/mol. The van der Waals surface area contributed by atoms with Crippen LogP contribution in [0, 0.1) is 5.92 Å². The molecular weight excluding hydrogens is 1140 g/mol. The molecule has 510 valence electrons. The Morgan fingerprint density at radius 3 is 0.791 bits per heavy atom. The highest BCUT2D eigenvalue weighted by molar-refractivity contribution is 7.47. The van der Waals surface area contributed by atoms with Crippen molar-refractivity contribution in [1.29, 1.82) is 0 Å². The number of phosphoric ester groups is 2. The Morgan fingerprint density at radius 2 is 0.535 bits per heavy atom. The molecule has 0 aliphatic heterocycles. The highest BCUT2D eigenvalue weighted by atomic mass is 31.2. The van der Waals surface area contributed by atoms with Crippen LogP contribution in [0.4, 0.5) is 0 Å². The van der Waals surface area contributed by atoms with E-state index >= 15 is 0 Å². The van der Waals surface area contributed by atoms with Gasteiger partial charge in [0.2, 0.25) is 0 Å². The van der Waals surface area contributed by atoms with Crippen molar-refractivity contribution >= 4 is 39.5 Å². The molecule has 0 radical (unpaired) electrons. The first-order chi connectivity index (χ1) is 41.5. The van der Waals surface area contributed by atoms with E-state index in [2.05, 4.69) is 34.6 Å². The maximum absolute atomic E-state index is 13.0. The molecule has 0 aromatic rings. The molecule has 86 heavy (non-hydrogen) atoms. The molecule has 0 aliphatic carbocycles. The van der Waals surface area contributed by atoms with Gasteiger partial charge in [0, 0.05) is 25.7 Å². The van der Waals surface area contributed by atoms with Crippen LogP contribution >= 0.6 is 15.6 Å². The summed E-state index contributed by atoms with van der Waals surface area (Å²) < 4.78 is 67.8. The van der Waals surface area contributed by atoms with E-state index in [4.69, 9.17) is 37.0 Å². The normalized spacial score (nSPS) is 14.2. The van der Waals surface area contributed by atoms with Gasteiger partial charge in [0.25, 0.3) is 0 Å². The number of esters is 4. The molecule has 0 aliphatic rings. The van der Waals surface area contributed by atoms with E-state index in [1.54, 1.807) is 0 Å². The second kappa shape index (κ2) is 60.6. The molecular formula is C67H130O17P2. The predicted molar refractivity (Wildman–Crippen MR) is 345 cm³/mol. The first-order valence-corrected chi connectivity index (χ1v) is 38.1. The molecule has 5 atom stereocenters. The van der Waals surface area contributed by atoms with E-state index in [-0.39, 0.29) is 25.7 Å². The van der Waals surface area contributed by atoms with Crippen LogP contribution in [0.1, 0.15) is 343 Å². The smallest absolute Gasteiger partial charge is 0.462 e. The summed E-state index contributed by atoms with van der Waals surface area (Å²) in [7, 11) is -9.88. The first kappa shape index (κ1) is 84.1. The Morgan fingerprint density at radius 1 is 0.314 bits per heavy atom. The van der Waals surface area contributed by atoms with Gasteiger partial charge in [-0.05, 0) is 31.6 Å². The average Bonchev–Trinajstić information content (AvgIpc) is 3.64. The molecule has 19 heteroatoms. The number of unbranched alkanes of at least 4 members (excludes halogenated alkanes) is 39. The molecule has 3 N–H and O–H groups in total. The fourth-order valence-corrected chi connectivity index (χ4v) is 11.7. The Labute approximate surface area is 524 Å². The zero-order chi connectivity index (χ0) is 63.5. The van der Waals surface area contributed by atoms with Crippen molar-refractivity contribution in [1.82, 2.24) is 0 Å². The average molecular weight is 1270 g/mol. The number of hydrogen-bond acceptors (Lipinski definition) is 15. The number of carbonyl (C=O) groups is 4. The van der Waals surface area contributed by atoms with Crippen LogP contribution in [-0.2, 0) is 65.4 Å². The van der Waals surface area contributed by atoms with E-state index in [0.29, 0.717) is 25.7 Å². The summed E-state index contributed by atoms with van der Waals surface area (Å²) in [5, 5.41) is 10.5. The lowest BCUT2D eigenvalue weighted by Gasteiger charge is -2.21. The van der Waals surface area contributed by atoms with Gasteiger partial charge >= 0.3 is 39.5 Å². The Bertz CT molecular complexity index is 1670. The molecule has 0 amide bonds. The Balaban J connectivity index is 5.11. The van der Waals surface area contributed by atoms with Crippen LogP contribution in [0.2, 0.25) is 0 Å². The van der Waals surface area contributed by atoms with Gasteiger partial charge in [-0.2, -0.15) is 0 Å².